The molecule has 2 aromatic rings. The summed E-state index contributed by atoms with van der Waals surface area (Å²) >= 11 is 5.79. The van der Waals surface area contributed by atoms with E-state index in [4.69, 9.17) is 21.1 Å². The van der Waals surface area contributed by atoms with Gasteiger partial charge < -0.3 is 9.47 Å². The molecule has 0 aliphatic carbocycles. The molecule has 0 N–H and O–H groups in total. The lowest BCUT2D eigenvalue weighted by Gasteiger charge is -2.10. The summed E-state index contributed by atoms with van der Waals surface area (Å²) in [4.78, 5) is 24.4. The van der Waals surface area contributed by atoms with Crippen molar-refractivity contribution in [2.24, 2.45) is 5.92 Å². The Hall–Kier alpha value is -2.33. The molecule has 0 saturated heterocycles. The van der Waals surface area contributed by atoms with Crippen LogP contribution in [0.25, 0.3) is 0 Å². The highest BCUT2D eigenvalue weighted by atomic mass is 35.5. The van der Waals surface area contributed by atoms with Gasteiger partial charge in [0.05, 0.1) is 17.7 Å². The molecular weight excluding hydrogens is 316 g/mol. The molecule has 0 bridgehead atoms. The molecule has 0 atom stereocenters. The molecule has 2 aromatic carbocycles. The highest BCUT2D eigenvalue weighted by Gasteiger charge is 2.19. The first-order valence-electron chi connectivity index (χ1n) is 7.21. The van der Waals surface area contributed by atoms with E-state index in [1.165, 1.54) is 6.07 Å². The first kappa shape index (κ1) is 17.0. The van der Waals surface area contributed by atoms with Crippen molar-refractivity contribution in [3.05, 3.63) is 64.7 Å². The highest BCUT2D eigenvalue weighted by molar-refractivity contribution is 6.30. The van der Waals surface area contributed by atoms with Gasteiger partial charge in [0.25, 0.3) is 0 Å². The quantitative estimate of drug-likeness (QED) is 0.602. The van der Waals surface area contributed by atoms with E-state index in [9.17, 15) is 9.59 Å². The number of benzene rings is 2. The number of rotatable bonds is 5. The van der Waals surface area contributed by atoms with E-state index in [1.54, 1.807) is 42.5 Å². The summed E-state index contributed by atoms with van der Waals surface area (Å²) in [5.74, 6) is -0.594. The second kappa shape index (κ2) is 7.79. The third-order valence-corrected chi connectivity index (χ3v) is 3.19. The Labute approximate surface area is 140 Å². The summed E-state index contributed by atoms with van der Waals surface area (Å²) in [5, 5.41) is 0.544. The van der Waals surface area contributed by atoms with E-state index in [0.717, 1.165) is 0 Å². The van der Waals surface area contributed by atoms with Crippen molar-refractivity contribution < 1.29 is 19.1 Å². The van der Waals surface area contributed by atoms with Crippen molar-refractivity contribution in [1.29, 1.82) is 0 Å². The third kappa shape index (κ3) is 4.83. The summed E-state index contributed by atoms with van der Waals surface area (Å²) in [6.07, 6.45) is 0. The van der Waals surface area contributed by atoms with Crippen LogP contribution >= 0.6 is 11.6 Å². The van der Waals surface area contributed by atoms with Gasteiger partial charge in [0.15, 0.2) is 0 Å². The fourth-order valence-electron chi connectivity index (χ4n) is 1.82. The van der Waals surface area contributed by atoms with Gasteiger partial charge >= 0.3 is 11.9 Å². The monoisotopic (exact) mass is 332 g/mol. The lowest BCUT2D eigenvalue weighted by molar-refractivity contribution is 0.0452. The summed E-state index contributed by atoms with van der Waals surface area (Å²) in [6.45, 7) is 4.17. The largest absolute Gasteiger partial charge is 0.462 e. The second-order valence-electron chi connectivity index (χ2n) is 5.38. The topological polar surface area (TPSA) is 52.6 Å². The van der Waals surface area contributed by atoms with Crippen LogP contribution in [0.3, 0.4) is 0 Å². The Morgan fingerprint density at radius 2 is 1.52 bits per heavy atom. The molecule has 120 valence electrons. The van der Waals surface area contributed by atoms with Crippen LogP contribution in [0.5, 0.6) is 5.75 Å². The Bertz CT molecular complexity index is 692. The van der Waals surface area contributed by atoms with Gasteiger partial charge in [0.2, 0.25) is 0 Å². The van der Waals surface area contributed by atoms with Gasteiger partial charge in [0, 0.05) is 5.02 Å². The van der Waals surface area contributed by atoms with Crippen molar-refractivity contribution >= 4 is 23.5 Å². The Balaban J connectivity index is 2.17. The molecule has 0 spiro atoms. The molecule has 0 fully saturated rings. The second-order valence-corrected chi connectivity index (χ2v) is 5.82. The molecule has 0 heterocycles. The predicted octanol–water partition coefficient (Wildman–Crippen LogP) is 4.37. The summed E-state index contributed by atoms with van der Waals surface area (Å²) in [5.41, 5.74) is 0.350. The Morgan fingerprint density at radius 1 is 0.957 bits per heavy atom. The maximum atomic E-state index is 12.3. The maximum absolute atomic E-state index is 12.3. The van der Waals surface area contributed by atoms with Crippen LogP contribution in [-0.2, 0) is 4.74 Å². The number of carbonyl (C=O) groups is 2. The molecule has 0 saturated carbocycles. The van der Waals surface area contributed by atoms with Gasteiger partial charge in [0.1, 0.15) is 5.75 Å². The zero-order chi connectivity index (χ0) is 16.8. The molecule has 0 amide bonds. The van der Waals surface area contributed by atoms with Gasteiger partial charge in [-0.15, -0.1) is 0 Å². The molecular formula is C18H17ClO4. The Kier molecular flexibility index (Phi) is 5.77. The summed E-state index contributed by atoms with van der Waals surface area (Å²) in [7, 11) is 0. The van der Waals surface area contributed by atoms with E-state index in [0.29, 0.717) is 17.4 Å². The van der Waals surface area contributed by atoms with Crippen LogP contribution in [0.2, 0.25) is 5.02 Å². The number of esters is 2. The highest BCUT2D eigenvalue weighted by Crippen LogP contribution is 2.19. The molecule has 2 rings (SSSR count). The lowest BCUT2D eigenvalue weighted by Crippen LogP contribution is -2.17. The van der Waals surface area contributed by atoms with E-state index >= 15 is 0 Å². The van der Waals surface area contributed by atoms with Crippen LogP contribution in [-0.4, -0.2) is 18.5 Å². The summed E-state index contributed by atoms with van der Waals surface area (Å²) < 4.78 is 10.4. The summed E-state index contributed by atoms with van der Waals surface area (Å²) in [6, 6.07) is 12.8. The van der Waals surface area contributed by atoms with Crippen LogP contribution in [0.15, 0.2) is 48.5 Å². The van der Waals surface area contributed by atoms with Crippen molar-refractivity contribution in [2.45, 2.75) is 13.8 Å². The smallest absolute Gasteiger partial charge is 0.344 e. The number of hydrogen-bond acceptors (Lipinski definition) is 4. The minimum atomic E-state index is -0.621. The minimum Gasteiger partial charge on any atom is -0.462 e. The molecule has 4 nitrogen and oxygen atoms in total. The molecule has 0 aliphatic rings. The molecule has 0 unspecified atom stereocenters. The van der Waals surface area contributed by atoms with Crippen molar-refractivity contribution in [3.8, 4) is 5.75 Å². The fourth-order valence-corrected chi connectivity index (χ4v) is 1.95. The van der Waals surface area contributed by atoms with E-state index in [-0.39, 0.29) is 17.0 Å². The molecule has 5 heteroatoms. The van der Waals surface area contributed by atoms with Crippen LogP contribution in [0, 0.1) is 5.92 Å². The molecule has 23 heavy (non-hydrogen) atoms. The van der Waals surface area contributed by atoms with E-state index in [1.807, 2.05) is 13.8 Å². The number of hydrogen-bond donors (Lipinski definition) is 0. The Morgan fingerprint density at radius 3 is 2.09 bits per heavy atom. The number of carbonyl (C=O) groups excluding carboxylic acids is 2. The third-order valence-electron chi connectivity index (χ3n) is 2.94. The number of halogens is 1. The zero-order valence-corrected chi connectivity index (χ0v) is 13.7. The van der Waals surface area contributed by atoms with Crippen molar-refractivity contribution in [2.75, 3.05) is 6.61 Å². The molecule has 0 aromatic heterocycles. The van der Waals surface area contributed by atoms with E-state index < -0.39 is 11.9 Å². The predicted molar refractivity (Wildman–Crippen MR) is 88.0 cm³/mol. The lowest BCUT2D eigenvalue weighted by atomic mass is 10.1. The van der Waals surface area contributed by atoms with Crippen LogP contribution < -0.4 is 4.74 Å². The van der Waals surface area contributed by atoms with Gasteiger partial charge in [-0.25, -0.2) is 9.59 Å². The SMILES string of the molecule is CC(C)COC(=O)c1ccccc1C(=O)Oc1ccc(Cl)cc1. The first-order valence-corrected chi connectivity index (χ1v) is 7.59. The van der Waals surface area contributed by atoms with Gasteiger partial charge in [-0.3, -0.25) is 0 Å². The van der Waals surface area contributed by atoms with Gasteiger partial charge in [-0.05, 0) is 42.3 Å². The van der Waals surface area contributed by atoms with Crippen LogP contribution in [0.4, 0.5) is 0 Å². The van der Waals surface area contributed by atoms with Crippen molar-refractivity contribution in [3.63, 3.8) is 0 Å². The molecule has 0 aliphatic heterocycles. The standard InChI is InChI=1S/C18H17ClO4/c1-12(2)11-22-17(20)15-5-3-4-6-16(15)18(21)23-14-9-7-13(19)8-10-14/h3-10,12H,11H2,1-2H3. The minimum absolute atomic E-state index is 0.163. The van der Waals surface area contributed by atoms with E-state index in [2.05, 4.69) is 0 Å². The average molecular weight is 333 g/mol. The van der Waals surface area contributed by atoms with Crippen LogP contribution in [0.1, 0.15) is 34.6 Å². The average Bonchev–Trinajstić information content (AvgIpc) is 2.54. The van der Waals surface area contributed by atoms with Gasteiger partial charge in [-0.2, -0.15) is 0 Å². The normalized spacial score (nSPS) is 10.4. The fraction of sp³-hybridized carbons (Fsp3) is 0.222. The molecule has 0 radical (unpaired) electrons. The first-order chi connectivity index (χ1) is 11.0. The van der Waals surface area contributed by atoms with Crippen molar-refractivity contribution in [1.82, 2.24) is 0 Å². The number of ether oxygens (including phenoxy) is 2. The van der Waals surface area contributed by atoms with Gasteiger partial charge in [-0.1, -0.05) is 37.6 Å². The maximum Gasteiger partial charge on any atom is 0.344 e. The zero-order valence-electron chi connectivity index (χ0n) is 12.9.